The summed E-state index contributed by atoms with van der Waals surface area (Å²) < 4.78 is 3.71. The maximum atomic E-state index is 12.8. The number of hydrogen-bond acceptors (Lipinski definition) is 4. The Balaban J connectivity index is 1.67. The van der Waals surface area contributed by atoms with Gasteiger partial charge in [0, 0.05) is 30.1 Å². The molecule has 0 N–H and O–H groups in total. The zero-order valence-corrected chi connectivity index (χ0v) is 19.5. The minimum Gasteiger partial charge on any atom is -0.497 e. The molecule has 7 heteroatoms. The molecule has 1 unspecified atom stereocenters. The number of carbonyl (C=O) groups is 1. The topological polar surface area (TPSA) is 42.0 Å². The van der Waals surface area contributed by atoms with Crippen LogP contribution in [0.25, 0.3) is 0 Å². The quantitative estimate of drug-likeness (QED) is 0.593. The van der Waals surface area contributed by atoms with Crippen LogP contribution in [0.4, 0.5) is 0 Å². The molecule has 162 valence electrons. The summed E-state index contributed by atoms with van der Waals surface area (Å²) in [5.74, 6) is 0.219. The normalized spacial score (nSPS) is 26.0. The van der Waals surface area contributed by atoms with Gasteiger partial charge in [-0.15, -0.1) is 0 Å². The van der Waals surface area contributed by atoms with Crippen molar-refractivity contribution in [1.29, 1.82) is 0 Å². The summed E-state index contributed by atoms with van der Waals surface area (Å²) in [5.41, 5.74) is 0.853. The van der Waals surface area contributed by atoms with E-state index in [2.05, 4.69) is 32.8 Å². The van der Waals surface area contributed by atoms with Gasteiger partial charge in [-0.3, -0.25) is 9.63 Å². The average Bonchev–Trinajstić information content (AvgIpc) is 2.84. The molecular weight excluding hydrogens is 411 g/mol. The first-order valence-corrected chi connectivity index (χ1v) is 11.0. The van der Waals surface area contributed by atoms with Crippen molar-refractivity contribution < 1.29 is 14.4 Å². The van der Waals surface area contributed by atoms with Crippen molar-refractivity contribution in [2.75, 3.05) is 20.3 Å². The minimum atomic E-state index is -1.48. The number of alkyl halides is 2. The second-order valence-corrected chi connectivity index (χ2v) is 10.8. The van der Waals surface area contributed by atoms with Crippen LogP contribution in [-0.4, -0.2) is 51.5 Å². The number of methoxy groups -OCH3 is 1. The van der Waals surface area contributed by atoms with Crippen molar-refractivity contribution in [2.45, 2.75) is 68.9 Å². The molecule has 3 rings (SSSR count). The first kappa shape index (κ1) is 22.7. The van der Waals surface area contributed by atoms with Gasteiger partial charge in [0.2, 0.25) is 4.33 Å². The first-order valence-electron chi connectivity index (χ1n) is 10.2. The van der Waals surface area contributed by atoms with E-state index in [1.54, 1.807) is 12.0 Å². The van der Waals surface area contributed by atoms with Gasteiger partial charge in [-0.05, 0) is 64.7 Å². The molecule has 0 saturated carbocycles. The van der Waals surface area contributed by atoms with E-state index in [1.807, 2.05) is 24.3 Å². The van der Waals surface area contributed by atoms with Crippen LogP contribution in [-0.2, 0) is 16.2 Å². The number of piperidine rings is 1. The molecule has 29 heavy (non-hydrogen) atoms. The Bertz CT molecular complexity index is 718. The number of nitrogens with zero attached hydrogens (tertiary/aromatic N) is 2. The largest absolute Gasteiger partial charge is 0.497 e. The Hall–Kier alpha value is -1.01. The van der Waals surface area contributed by atoms with Crippen LogP contribution in [0.3, 0.4) is 0 Å². The number of ether oxygens (including phenoxy) is 1. The second-order valence-electron chi connectivity index (χ2n) is 9.42. The van der Waals surface area contributed by atoms with E-state index >= 15 is 0 Å². The Kier molecular flexibility index (Phi) is 6.45. The van der Waals surface area contributed by atoms with Gasteiger partial charge in [-0.1, -0.05) is 35.3 Å². The highest BCUT2D eigenvalue weighted by Crippen LogP contribution is 2.42. The van der Waals surface area contributed by atoms with Gasteiger partial charge in [-0.25, -0.2) is 0 Å². The number of carbonyl (C=O) groups excluding carboxylic acids is 1. The van der Waals surface area contributed by atoms with Gasteiger partial charge >= 0.3 is 0 Å². The molecule has 2 aliphatic heterocycles. The van der Waals surface area contributed by atoms with Gasteiger partial charge in [0.05, 0.1) is 13.7 Å². The summed E-state index contributed by atoms with van der Waals surface area (Å²) >= 11 is 13.0. The van der Waals surface area contributed by atoms with Crippen molar-refractivity contribution >= 4 is 29.1 Å². The highest BCUT2D eigenvalue weighted by Gasteiger charge is 2.53. The van der Waals surface area contributed by atoms with E-state index < -0.39 is 4.33 Å². The number of likely N-dealkylation sites (tertiary alicyclic amines) is 1. The van der Waals surface area contributed by atoms with Gasteiger partial charge in [0.1, 0.15) is 5.75 Å². The molecule has 2 saturated heterocycles. The molecule has 1 aromatic carbocycles. The summed E-state index contributed by atoms with van der Waals surface area (Å²) in [7, 11) is 1.63. The molecule has 1 atom stereocenters. The monoisotopic (exact) mass is 442 g/mol. The number of hydroxylamine groups is 2. The van der Waals surface area contributed by atoms with Crippen molar-refractivity contribution in [3.8, 4) is 5.75 Å². The fourth-order valence-electron chi connectivity index (χ4n) is 4.58. The predicted octanol–water partition coefficient (Wildman–Crippen LogP) is 4.80. The third-order valence-corrected chi connectivity index (χ3v) is 7.08. The zero-order valence-electron chi connectivity index (χ0n) is 18.0. The Morgan fingerprint density at radius 1 is 1.07 bits per heavy atom. The number of amides is 1. The Morgan fingerprint density at radius 2 is 1.66 bits per heavy atom. The first-order chi connectivity index (χ1) is 13.5. The van der Waals surface area contributed by atoms with E-state index in [-0.39, 0.29) is 22.9 Å². The predicted molar refractivity (Wildman–Crippen MR) is 116 cm³/mol. The molecule has 1 aromatic rings. The van der Waals surface area contributed by atoms with Crippen molar-refractivity contribution in [2.24, 2.45) is 5.92 Å². The van der Waals surface area contributed by atoms with Gasteiger partial charge in [0.25, 0.3) is 5.91 Å². The van der Waals surface area contributed by atoms with Crippen LogP contribution in [0.15, 0.2) is 24.3 Å². The maximum absolute atomic E-state index is 12.8. The Labute approximate surface area is 184 Å². The van der Waals surface area contributed by atoms with Crippen LogP contribution in [0.1, 0.15) is 52.5 Å². The molecule has 0 spiro atoms. The van der Waals surface area contributed by atoms with E-state index in [0.717, 1.165) is 24.2 Å². The van der Waals surface area contributed by atoms with Gasteiger partial charge in [-0.2, -0.15) is 5.06 Å². The summed E-state index contributed by atoms with van der Waals surface area (Å²) in [4.78, 5) is 20.8. The lowest BCUT2D eigenvalue weighted by atomic mass is 9.82. The number of halogens is 2. The van der Waals surface area contributed by atoms with Crippen LogP contribution >= 0.6 is 23.2 Å². The summed E-state index contributed by atoms with van der Waals surface area (Å²) in [5, 5.41) is 2.09. The summed E-state index contributed by atoms with van der Waals surface area (Å²) in [6, 6.07) is 7.65. The van der Waals surface area contributed by atoms with Crippen molar-refractivity contribution in [3.05, 3.63) is 29.8 Å². The van der Waals surface area contributed by atoms with E-state index in [1.165, 1.54) is 6.42 Å². The third-order valence-electron chi connectivity index (χ3n) is 6.14. The second kappa shape index (κ2) is 8.26. The lowest BCUT2D eigenvalue weighted by Crippen LogP contribution is -2.58. The number of rotatable bonds is 6. The van der Waals surface area contributed by atoms with Gasteiger partial charge < -0.3 is 9.64 Å². The van der Waals surface area contributed by atoms with E-state index in [9.17, 15) is 4.79 Å². The molecule has 2 fully saturated rings. The Morgan fingerprint density at radius 3 is 2.21 bits per heavy atom. The van der Waals surface area contributed by atoms with Crippen molar-refractivity contribution in [1.82, 2.24) is 9.96 Å². The molecule has 2 heterocycles. The molecule has 0 aliphatic carbocycles. The van der Waals surface area contributed by atoms with Crippen LogP contribution in [0.2, 0.25) is 0 Å². The summed E-state index contributed by atoms with van der Waals surface area (Å²) in [6.45, 7) is 10.0. The smallest absolute Gasteiger partial charge is 0.259 e. The highest BCUT2D eigenvalue weighted by atomic mass is 35.5. The van der Waals surface area contributed by atoms with Crippen LogP contribution in [0, 0.1) is 5.92 Å². The third kappa shape index (κ3) is 4.68. The standard InChI is InChI=1S/C22H32Cl2N2O3/c1-20(2)11-6-12-21(3,4)26(20)29-15-17-14-25(19(27)22(17,23)24)13-16-7-9-18(28-5)10-8-16/h7-10,17H,6,11-15H2,1-5H3. The van der Waals surface area contributed by atoms with E-state index in [4.69, 9.17) is 32.8 Å². The fourth-order valence-corrected chi connectivity index (χ4v) is 5.09. The number of benzene rings is 1. The minimum absolute atomic E-state index is 0.0750. The summed E-state index contributed by atoms with van der Waals surface area (Å²) in [6.07, 6.45) is 3.30. The lowest BCUT2D eigenvalue weighted by Gasteiger charge is -2.51. The van der Waals surface area contributed by atoms with Crippen LogP contribution in [0.5, 0.6) is 5.75 Å². The maximum Gasteiger partial charge on any atom is 0.259 e. The highest BCUT2D eigenvalue weighted by molar-refractivity contribution is 6.58. The molecule has 0 radical (unpaired) electrons. The van der Waals surface area contributed by atoms with Crippen LogP contribution < -0.4 is 4.74 Å². The molecule has 0 bridgehead atoms. The SMILES string of the molecule is COc1ccc(CN2CC(CON3C(C)(C)CCCC3(C)C)C(Cl)(Cl)C2=O)cc1. The lowest BCUT2D eigenvalue weighted by molar-refractivity contribution is -0.285. The zero-order chi connectivity index (χ0) is 21.4. The molecule has 5 nitrogen and oxygen atoms in total. The fraction of sp³-hybridized carbons (Fsp3) is 0.682. The molecule has 0 aromatic heterocycles. The van der Waals surface area contributed by atoms with Gasteiger partial charge in [0.15, 0.2) is 0 Å². The molecular formula is C22H32Cl2N2O3. The molecule has 2 aliphatic rings. The average molecular weight is 443 g/mol. The number of hydrogen-bond donors (Lipinski definition) is 0. The van der Waals surface area contributed by atoms with Crippen molar-refractivity contribution in [3.63, 3.8) is 0 Å². The molecule has 1 amide bonds. The van der Waals surface area contributed by atoms with E-state index in [0.29, 0.717) is 19.7 Å².